The van der Waals surface area contributed by atoms with Crippen LogP contribution in [0.15, 0.2) is 59.5 Å². The fourth-order valence-electron chi connectivity index (χ4n) is 6.11. The molecule has 0 radical (unpaired) electrons. The summed E-state index contributed by atoms with van der Waals surface area (Å²) in [5, 5.41) is 11.5. The Bertz CT molecular complexity index is 1380. The Morgan fingerprint density at radius 3 is 2.38 bits per heavy atom. The average molecular weight is 524 g/mol. The van der Waals surface area contributed by atoms with Gasteiger partial charge in [-0.2, -0.15) is 0 Å². The summed E-state index contributed by atoms with van der Waals surface area (Å²) in [6.07, 6.45) is 4.29. The number of benzene rings is 2. The summed E-state index contributed by atoms with van der Waals surface area (Å²) in [4.78, 5) is 15.3. The Morgan fingerprint density at radius 1 is 1.00 bits per heavy atom. The van der Waals surface area contributed by atoms with Gasteiger partial charge in [-0.3, -0.25) is 4.79 Å². The van der Waals surface area contributed by atoms with Gasteiger partial charge in [-0.15, -0.1) is 0 Å². The van der Waals surface area contributed by atoms with Crippen LogP contribution in [-0.2, 0) is 21.9 Å². The quantitative estimate of drug-likeness (QED) is 0.500. The first-order valence-corrected chi connectivity index (χ1v) is 14.7. The van der Waals surface area contributed by atoms with Gasteiger partial charge in [-0.25, -0.2) is 13.1 Å². The van der Waals surface area contributed by atoms with Gasteiger partial charge in [-0.05, 0) is 76.1 Å². The van der Waals surface area contributed by atoms with Gasteiger partial charge < -0.3 is 14.6 Å². The standard InChI is InChI=1S/C29H37N3O4S/c1-29(2,34)27-10-7-17-32(27)28(33)21-11-14-23(15-12-21)30-37(35,36)24-16-13-22-18-25(31(3)26(22)19-24)20-8-5-4-6-9-20/h4-6,8-9,13,16,18-19,21,23,27,30,34H,7,10-12,14-15,17H2,1-3H3/t21-,23-,27-/m1/s1. The minimum Gasteiger partial charge on any atom is -0.388 e. The second-order valence-corrected chi connectivity index (χ2v) is 12.9. The van der Waals surface area contributed by atoms with E-state index in [1.54, 1.807) is 26.0 Å². The van der Waals surface area contributed by atoms with Crippen LogP contribution in [0.4, 0.5) is 0 Å². The molecule has 7 nitrogen and oxygen atoms in total. The van der Waals surface area contributed by atoms with Gasteiger partial charge in [0.15, 0.2) is 0 Å². The molecule has 1 aromatic heterocycles. The molecule has 1 amide bonds. The number of likely N-dealkylation sites (tertiary alicyclic amines) is 1. The van der Waals surface area contributed by atoms with Crippen molar-refractivity contribution in [3.63, 3.8) is 0 Å². The number of nitrogens with zero attached hydrogens (tertiary/aromatic N) is 2. The van der Waals surface area contributed by atoms with Gasteiger partial charge >= 0.3 is 0 Å². The van der Waals surface area contributed by atoms with Crippen molar-refractivity contribution in [1.29, 1.82) is 0 Å². The Labute approximate surface area is 219 Å². The van der Waals surface area contributed by atoms with E-state index in [1.807, 2.05) is 52.9 Å². The van der Waals surface area contributed by atoms with E-state index in [9.17, 15) is 18.3 Å². The van der Waals surface area contributed by atoms with Crippen LogP contribution in [0.2, 0.25) is 0 Å². The van der Waals surface area contributed by atoms with Crippen molar-refractivity contribution in [2.75, 3.05) is 6.54 Å². The number of aryl methyl sites for hydroxylation is 1. The number of hydrogen-bond donors (Lipinski definition) is 2. The van der Waals surface area contributed by atoms with Crippen molar-refractivity contribution in [2.45, 2.75) is 75.0 Å². The molecule has 1 saturated carbocycles. The number of carbonyl (C=O) groups excluding carboxylic acids is 1. The number of rotatable bonds is 6. The highest BCUT2D eigenvalue weighted by Gasteiger charge is 2.41. The van der Waals surface area contributed by atoms with Crippen molar-refractivity contribution < 1.29 is 18.3 Å². The largest absolute Gasteiger partial charge is 0.388 e. The van der Waals surface area contributed by atoms with Gasteiger partial charge in [0, 0.05) is 42.1 Å². The van der Waals surface area contributed by atoms with E-state index < -0.39 is 15.6 Å². The second kappa shape index (κ2) is 9.89. The van der Waals surface area contributed by atoms with Crippen LogP contribution < -0.4 is 4.72 Å². The third-order valence-corrected chi connectivity index (χ3v) is 9.66. The number of carbonyl (C=O) groups is 1. The summed E-state index contributed by atoms with van der Waals surface area (Å²) in [7, 11) is -1.74. The van der Waals surface area contributed by atoms with E-state index in [1.165, 1.54) is 0 Å². The Kier molecular flexibility index (Phi) is 6.94. The van der Waals surface area contributed by atoms with Crippen LogP contribution in [0.5, 0.6) is 0 Å². The van der Waals surface area contributed by atoms with Crippen LogP contribution in [0.25, 0.3) is 22.2 Å². The summed E-state index contributed by atoms with van der Waals surface area (Å²) >= 11 is 0. The summed E-state index contributed by atoms with van der Waals surface area (Å²) < 4.78 is 31.5. The molecule has 8 heteroatoms. The minimum absolute atomic E-state index is 0.106. The number of nitrogens with one attached hydrogen (secondary N) is 1. The highest BCUT2D eigenvalue weighted by Crippen LogP contribution is 2.33. The monoisotopic (exact) mass is 523 g/mol. The Morgan fingerprint density at radius 2 is 1.70 bits per heavy atom. The van der Waals surface area contributed by atoms with Crippen molar-refractivity contribution >= 4 is 26.8 Å². The number of fused-ring (bicyclic) bond motifs is 1. The van der Waals surface area contributed by atoms with Gasteiger partial charge in [-0.1, -0.05) is 36.4 Å². The lowest BCUT2D eigenvalue weighted by atomic mass is 9.85. The Hall–Kier alpha value is -2.68. The fraction of sp³-hybridized carbons (Fsp3) is 0.483. The number of hydrogen-bond acceptors (Lipinski definition) is 4. The third-order valence-electron chi connectivity index (χ3n) is 8.15. The van der Waals surface area contributed by atoms with Crippen molar-refractivity contribution in [2.24, 2.45) is 13.0 Å². The topological polar surface area (TPSA) is 91.6 Å². The maximum atomic E-state index is 13.3. The second-order valence-electron chi connectivity index (χ2n) is 11.2. The predicted molar refractivity (Wildman–Crippen MR) is 145 cm³/mol. The maximum absolute atomic E-state index is 13.3. The molecule has 1 aliphatic carbocycles. The highest BCUT2D eigenvalue weighted by atomic mass is 32.2. The number of aromatic nitrogens is 1. The highest BCUT2D eigenvalue weighted by molar-refractivity contribution is 7.89. The molecule has 2 fully saturated rings. The average Bonchev–Trinajstić information content (AvgIpc) is 3.50. The van der Waals surface area contributed by atoms with Crippen LogP contribution in [0, 0.1) is 5.92 Å². The van der Waals surface area contributed by atoms with E-state index in [2.05, 4.69) is 10.8 Å². The molecule has 3 aromatic rings. The van der Waals surface area contributed by atoms with Gasteiger partial charge in [0.25, 0.3) is 0 Å². The zero-order valence-electron chi connectivity index (χ0n) is 21.9. The van der Waals surface area contributed by atoms with E-state index in [0.29, 0.717) is 32.2 Å². The lowest BCUT2D eigenvalue weighted by molar-refractivity contribution is -0.142. The zero-order chi connectivity index (χ0) is 26.4. The SMILES string of the molecule is Cn1c(-c2ccccc2)cc2ccc(S(=O)(=O)N[C@H]3CC[C@H](C(=O)N4CCC[C@@H]4C(C)(C)O)CC3)cc21. The molecule has 2 aliphatic rings. The van der Waals surface area contributed by atoms with Crippen LogP contribution in [-0.4, -0.2) is 53.1 Å². The summed E-state index contributed by atoms with van der Waals surface area (Å²) in [6, 6.07) is 17.1. The third kappa shape index (κ3) is 5.19. The smallest absolute Gasteiger partial charge is 0.240 e. The van der Waals surface area contributed by atoms with Gasteiger partial charge in [0.05, 0.1) is 16.5 Å². The first-order chi connectivity index (χ1) is 17.5. The normalized spacial score (nSPS) is 23.0. The first kappa shape index (κ1) is 25.9. The Balaban J connectivity index is 1.26. The molecule has 1 saturated heterocycles. The summed E-state index contributed by atoms with van der Waals surface area (Å²) in [5.41, 5.74) is 2.06. The molecule has 0 unspecified atom stereocenters. The molecule has 0 spiro atoms. The first-order valence-electron chi connectivity index (χ1n) is 13.2. The van der Waals surface area contributed by atoms with Crippen LogP contribution in [0.1, 0.15) is 52.4 Å². The zero-order valence-corrected chi connectivity index (χ0v) is 22.7. The van der Waals surface area contributed by atoms with E-state index in [0.717, 1.165) is 35.0 Å². The molecule has 0 bridgehead atoms. The van der Waals surface area contributed by atoms with Crippen LogP contribution in [0.3, 0.4) is 0 Å². The molecule has 2 heterocycles. The molecule has 2 aromatic carbocycles. The molecular formula is C29H37N3O4S. The van der Waals surface area contributed by atoms with E-state index >= 15 is 0 Å². The summed E-state index contributed by atoms with van der Waals surface area (Å²) in [6.45, 7) is 4.22. The number of aliphatic hydroxyl groups is 1. The predicted octanol–water partition coefficient (Wildman–Crippen LogP) is 4.44. The minimum atomic E-state index is -3.70. The number of amides is 1. The molecule has 1 atom stereocenters. The molecular weight excluding hydrogens is 486 g/mol. The van der Waals surface area contributed by atoms with Gasteiger partial charge in [0.2, 0.25) is 15.9 Å². The molecule has 2 N–H and O–H groups in total. The van der Waals surface area contributed by atoms with Gasteiger partial charge in [0.1, 0.15) is 0 Å². The van der Waals surface area contributed by atoms with E-state index in [-0.39, 0.29) is 28.8 Å². The van der Waals surface area contributed by atoms with Crippen LogP contribution >= 0.6 is 0 Å². The van der Waals surface area contributed by atoms with Crippen molar-refractivity contribution in [3.8, 4) is 11.3 Å². The maximum Gasteiger partial charge on any atom is 0.240 e. The summed E-state index contributed by atoms with van der Waals surface area (Å²) in [5.74, 6) is -0.00542. The molecule has 1 aliphatic heterocycles. The lowest BCUT2D eigenvalue weighted by Gasteiger charge is -2.37. The lowest BCUT2D eigenvalue weighted by Crippen LogP contribution is -2.50. The van der Waals surface area contributed by atoms with Crippen molar-refractivity contribution in [1.82, 2.24) is 14.2 Å². The van der Waals surface area contributed by atoms with E-state index in [4.69, 9.17) is 0 Å². The molecule has 198 valence electrons. The fourth-order valence-corrected chi connectivity index (χ4v) is 7.43. The molecule has 37 heavy (non-hydrogen) atoms. The van der Waals surface area contributed by atoms with Crippen molar-refractivity contribution in [3.05, 3.63) is 54.6 Å². The molecule has 5 rings (SSSR count). The number of sulfonamides is 1.